The molecule has 1 aromatic rings. The lowest BCUT2D eigenvalue weighted by Gasteiger charge is -2.02. The van der Waals surface area contributed by atoms with E-state index in [-0.39, 0.29) is 10.8 Å². The molecular formula is C13H16ClNO2. The molecule has 92 valence electrons. The smallest absolute Gasteiger partial charge is 0.117 e. The minimum absolute atomic E-state index is 0.0731. The summed E-state index contributed by atoms with van der Waals surface area (Å²) in [5.41, 5.74) is 0.375. The molecule has 1 aliphatic carbocycles. The van der Waals surface area contributed by atoms with Crippen LogP contribution in [0.1, 0.15) is 31.2 Å². The fraction of sp³-hybridized carbons (Fsp3) is 0.462. The molecule has 4 heteroatoms. The van der Waals surface area contributed by atoms with E-state index in [9.17, 15) is 0 Å². The lowest BCUT2D eigenvalue weighted by molar-refractivity contribution is 0.109. The molecule has 0 aliphatic heterocycles. The summed E-state index contributed by atoms with van der Waals surface area (Å²) >= 11 is 5.55. The average molecular weight is 254 g/mol. The second-order valence-electron chi connectivity index (χ2n) is 3.92. The van der Waals surface area contributed by atoms with E-state index in [4.69, 9.17) is 26.7 Å². The van der Waals surface area contributed by atoms with Gasteiger partial charge >= 0.3 is 0 Å². The number of halogens is 1. The molecule has 0 unspecified atom stereocenters. The average Bonchev–Trinajstić information content (AvgIpc) is 2.83. The summed E-state index contributed by atoms with van der Waals surface area (Å²) in [5.74, 6) is 0.0731. The van der Waals surface area contributed by atoms with Crippen molar-refractivity contribution in [2.24, 2.45) is 0 Å². The molecule has 1 aromatic carbocycles. The molecule has 0 atom stereocenters. The third-order valence-electron chi connectivity index (χ3n) is 2.71. The van der Waals surface area contributed by atoms with Crippen LogP contribution in [0, 0.1) is 11.3 Å². The number of phenols is 1. The Labute approximate surface area is 107 Å². The van der Waals surface area contributed by atoms with Crippen molar-refractivity contribution >= 4 is 11.6 Å². The zero-order valence-electron chi connectivity index (χ0n) is 9.82. The van der Waals surface area contributed by atoms with Crippen LogP contribution >= 0.6 is 11.6 Å². The van der Waals surface area contributed by atoms with Gasteiger partial charge in [0.05, 0.1) is 16.7 Å². The Morgan fingerprint density at radius 1 is 1.41 bits per heavy atom. The van der Waals surface area contributed by atoms with Gasteiger partial charge in [0, 0.05) is 7.11 Å². The third kappa shape index (κ3) is 4.64. The molecule has 1 fully saturated rings. The zero-order chi connectivity index (χ0) is 12.7. The minimum atomic E-state index is 0.0731. The summed E-state index contributed by atoms with van der Waals surface area (Å²) in [6, 6.07) is 6.10. The van der Waals surface area contributed by atoms with Crippen molar-refractivity contribution in [3.63, 3.8) is 0 Å². The van der Waals surface area contributed by atoms with Crippen molar-refractivity contribution < 1.29 is 9.84 Å². The molecule has 1 N–H and O–H groups in total. The summed E-state index contributed by atoms with van der Waals surface area (Å²) in [7, 11) is 1.80. The molecule has 0 bridgehead atoms. The number of nitrogens with zero attached hydrogens (tertiary/aromatic N) is 1. The van der Waals surface area contributed by atoms with E-state index in [0.717, 1.165) is 0 Å². The molecule has 1 aliphatic rings. The summed E-state index contributed by atoms with van der Waals surface area (Å²) in [6.45, 7) is 0. The Morgan fingerprint density at radius 2 is 2.06 bits per heavy atom. The number of benzene rings is 1. The summed E-state index contributed by atoms with van der Waals surface area (Å²) in [5, 5.41) is 17.5. The lowest BCUT2D eigenvalue weighted by atomic mass is 10.2. The van der Waals surface area contributed by atoms with Gasteiger partial charge in [-0.3, -0.25) is 0 Å². The first-order valence-corrected chi connectivity index (χ1v) is 5.96. The van der Waals surface area contributed by atoms with Gasteiger partial charge in [-0.1, -0.05) is 24.4 Å². The van der Waals surface area contributed by atoms with Crippen LogP contribution in [0.15, 0.2) is 18.2 Å². The van der Waals surface area contributed by atoms with Gasteiger partial charge in [-0.05, 0) is 31.0 Å². The molecule has 0 amide bonds. The van der Waals surface area contributed by atoms with Crippen LogP contribution in [0.4, 0.5) is 0 Å². The van der Waals surface area contributed by atoms with Crippen LogP contribution in [0.2, 0.25) is 5.02 Å². The predicted molar refractivity (Wildman–Crippen MR) is 67.1 cm³/mol. The molecule has 17 heavy (non-hydrogen) atoms. The van der Waals surface area contributed by atoms with Crippen LogP contribution in [0.5, 0.6) is 5.75 Å². The van der Waals surface area contributed by atoms with Gasteiger partial charge in [-0.15, -0.1) is 0 Å². The van der Waals surface area contributed by atoms with Gasteiger partial charge in [0.25, 0.3) is 0 Å². The Morgan fingerprint density at radius 3 is 2.47 bits per heavy atom. The first-order valence-electron chi connectivity index (χ1n) is 5.58. The normalized spacial score (nSPS) is 14.9. The van der Waals surface area contributed by atoms with Gasteiger partial charge in [0.2, 0.25) is 0 Å². The van der Waals surface area contributed by atoms with Crippen molar-refractivity contribution in [1.29, 1.82) is 5.26 Å². The van der Waals surface area contributed by atoms with Gasteiger partial charge in [-0.2, -0.15) is 5.26 Å². The fourth-order valence-corrected chi connectivity index (χ4v) is 1.94. The van der Waals surface area contributed by atoms with Gasteiger partial charge < -0.3 is 9.84 Å². The zero-order valence-corrected chi connectivity index (χ0v) is 10.6. The Balaban J connectivity index is 0.000000181. The highest BCUT2D eigenvalue weighted by molar-refractivity contribution is 6.31. The van der Waals surface area contributed by atoms with Crippen molar-refractivity contribution in [2.45, 2.75) is 31.8 Å². The first-order chi connectivity index (χ1) is 8.17. The quantitative estimate of drug-likeness (QED) is 0.834. The molecule has 0 aromatic heterocycles. The van der Waals surface area contributed by atoms with Crippen LogP contribution in [-0.2, 0) is 4.74 Å². The number of rotatable bonds is 1. The van der Waals surface area contributed by atoms with Crippen molar-refractivity contribution in [3.8, 4) is 11.8 Å². The van der Waals surface area contributed by atoms with Crippen LogP contribution in [0.3, 0.4) is 0 Å². The number of hydrogen-bond donors (Lipinski definition) is 1. The van der Waals surface area contributed by atoms with Crippen molar-refractivity contribution in [3.05, 3.63) is 28.8 Å². The number of aromatic hydroxyl groups is 1. The maximum atomic E-state index is 8.84. The summed E-state index contributed by atoms with van der Waals surface area (Å²) in [4.78, 5) is 0. The fourth-order valence-electron chi connectivity index (χ4n) is 1.72. The first kappa shape index (κ1) is 13.8. The predicted octanol–water partition coefficient (Wildman–Crippen LogP) is 3.49. The second-order valence-corrected chi connectivity index (χ2v) is 4.33. The Kier molecular flexibility index (Phi) is 5.82. The molecule has 0 heterocycles. The van der Waals surface area contributed by atoms with Crippen LogP contribution in [-0.4, -0.2) is 18.3 Å². The highest BCUT2D eigenvalue weighted by Crippen LogP contribution is 2.20. The van der Waals surface area contributed by atoms with E-state index < -0.39 is 0 Å². The topological polar surface area (TPSA) is 53.2 Å². The van der Waals surface area contributed by atoms with E-state index in [1.807, 2.05) is 6.07 Å². The maximum Gasteiger partial charge on any atom is 0.117 e. The molecule has 0 saturated heterocycles. The molecule has 3 nitrogen and oxygen atoms in total. The van der Waals surface area contributed by atoms with Gasteiger partial charge in [0.1, 0.15) is 11.8 Å². The van der Waals surface area contributed by atoms with E-state index >= 15 is 0 Å². The Hall–Kier alpha value is -1.24. The second kappa shape index (κ2) is 7.16. The van der Waals surface area contributed by atoms with E-state index in [0.29, 0.717) is 11.7 Å². The number of methoxy groups -OCH3 is 1. The number of nitriles is 1. The van der Waals surface area contributed by atoms with Gasteiger partial charge in [0.15, 0.2) is 0 Å². The molecule has 2 rings (SSSR count). The SMILES string of the molecule is COC1CCCC1.N#Cc1ccc(O)cc1Cl. The van der Waals surface area contributed by atoms with Gasteiger partial charge in [-0.25, -0.2) is 0 Å². The Bertz CT molecular complexity index is 395. The third-order valence-corrected chi connectivity index (χ3v) is 3.02. The van der Waals surface area contributed by atoms with E-state index in [2.05, 4.69) is 0 Å². The molecular weight excluding hydrogens is 238 g/mol. The number of hydrogen-bond acceptors (Lipinski definition) is 3. The number of ether oxygens (including phenoxy) is 1. The summed E-state index contributed by atoms with van der Waals surface area (Å²) in [6.07, 6.45) is 5.92. The van der Waals surface area contributed by atoms with Crippen molar-refractivity contribution in [1.82, 2.24) is 0 Å². The molecule has 0 radical (unpaired) electrons. The van der Waals surface area contributed by atoms with E-state index in [1.165, 1.54) is 43.9 Å². The van der Waals surface area contributed by atoms with Crippen LogP contribution < -0.4 is 0 Å². The van der Waals surface area contributed by atoms with Crippen LogP contribution in [0.25, 0.3) is 0 Å². The largest absolute Gasteiger partial charge is 0.508 e. The highest BCUT2D eigenvalue weighted by atomic mass is 35.5. The molecule has 1 saturated carbocycles. The standard InChI is InChI=1S/C7H4ClNO.C6H12O/c8-7-3-6(10)2-1-5(7)4-9;1-7-6-4-2-3-5-6/h1-3,10H;6H,2-5H2,1H3. The highest BCUT2D eigenvalue weighted by Gasteiger charge is 2.12. The summed E-state index contributed by atoms with van der Waals surface area (Å²) < 4.78 is 5.11. The van der Waals surface area contributed by atoms with E-state index in [1.54, 1.807) is 7.11 Å². The lowest BCUT2D eigenvalue weighted by Crippen LogP contribution is -2.01. The minimum Gasteiger partial charge on any atom is -0.508 e. The van der Waals surface area contributed by atoms with Crippen molar-refractivity contribution in [2.75, 3.05) is 7.11 Å². The molecule has 0 spiro atoms. The monoisotopic (exact) mass is 253 g/mol. The number of phenolic OH excluding ortho intramolecular Hbond substituents is 1. The maximum absolute atomic E-state index is 8.84.